The molecule has 0 aliphatic rings. The molecule has 1 heterocycles. The van der Waals surface area contributed by atoms with Gasteiger partial charge in [0.2, 0.25) is 0 Å². The van der Waals surface area contributed by atoms with Gasteiger partial charge in [-0.15, -0.1) is 0 Å². The van der Waals surface area contributed by atoms with Crippen molar-refractivity contribution < 1.29 is 4.79 Å². The van der Waals surface area contributed by atoms with Crippen LogP contribution in [0.2, 0.25) is 5.02 Å². The third kappa shape index (κ3) is 2.99. The van der Waals surface area contributed by atoms with Gasteiger partial charge in [0.05, 0.1) is 11.1 Å². The van der Waals surface area contributed by atoms with Crippen LogP contribution in [-0.2, 0) is 0 Å². The third-order valence-corrected chi connectivity index (χ3v) is 2.63. The van der Waals surface area contributed by atoms with E-state index in [1.54, 1.807) is 24.4 Å². The molecule has 1 N–H and O–H groups in total. The number of carbonyl (C=O) groups excluding carboxylic acids is 1. The first kappa shape index (κ1) is 12.8. The lowest BCUT2D eigenvalue weighted by atomic mass is 10.1. The van der Waals surface area contributed by atoms with Crippen LogP contribution in [0.3, 0.4) is 0 Å². The van der Waals surface area contributed by atoms with E-state index in [0.717, 1.165) is 10.9 Å². The van der Waals surface area contributed by atoms with E-state index in [-0.39, 0.29) is 11.4 Å². The molecule has 0 atom stereocenters. The van der Waals surface area contributed by atoms with Crippen molar-refractivity contribution in [3.05, 3.63) is 41.0 Å². The number of rotatable bonds is 1. The molecule has 0 saturated heterocycles. The van der Waals surface area contributed by atoms with E-state index in [2.05, 4.69) is 10.3 Å². The van der Waals surface area contributed by atoms with Gasteiger partial charge in [0.15, 0.2) is 0 Å². The van der Waals surface area contributed by atoms with Gasteiger partial charge in [0, 0.05) is 22.1 Å². The number of hydrogen-bond acceptors (Lipinski definition) is 2. The minimum atomic E-state index is -0.264. The molecule has 1 aromatic carbocycles. The van der Waals surface area contributed by atoms with Gasteiger partial charge < -0.3 is 5.32 Å². The minimum Gasteiger partial charge on any atom is -0.347 e. The number of fused-ring (bicyclic) bond motifs is 1. The van der Waals surface area contributed by atoms with Crippen molar-refractivity contribution in [3.63, 3.8) is 0 Å². The molecular formula is C14H15ClN2O. The van der Waals surface area contributed by atoms with Crippen LogP contribution in [0.5, 0.6) is 0 Å². The summed E-state index contributed by atoms with van der Waals surface area (Å²) in [7, 11) is 0. The van der Waals surface area contributed by atoms with Crippen LogP contribution in [0.25, 0.3) is 10.9 Å². The maximum atomic E-state index is 12.0. The molecule has 3 nitrogen and oxygen atoms in total. The number of halogens is 1. The molecule has 0 aliphatic carbocycles. The largest absolute Gasteiger partial charge is 0.347 e. The standard InChI is InChI=1S/C14H15ClN2O/c1-14(2,3)17-13(18)10-6-9-7-11(15)4-5-12(9)16-8-10/h4-8H,1-3H3,(H,17,18). The molecule has 0 fully saturated rings. The van der Waals surface area contributed by atoms with Crippen molar-refractivity contribution in [2.75, 3.05) is 0 Å². The maximum absolute atomic E-state index is 12.0. The summed E-state index contributed by atoms with van der Waals surface area (Å²) in [4.78, 5) is 16.3. The molecule has 94 valence electrons. The van der Waals surface area contributed by atoms with Gasteiger partial charge in [0.1, 0.15) is 0 Å². The second-order valence-corrected chi connectivity index (χ2v) is 5.70. The average Bonchev–Trinajstić information content (AvgIpc) is 2.25. The number of benzene rings is 1. The van der Waals surface area contributed by atoms with Crippen molar-refractivity contribution in [1.82, 2.24) is 10.3 Å². The number of nitrogens with one attached hydrogen (secondary N) is 1. The fourth-order valence-corrected chi connectivity index (χ4v) is 1.82. The fourth-order valence-electron chi connectivity index (χ4n) is 1.64. The summed E-state index contributed by atoms with van der Waals surface area (Å²) in [6.45, 7) is 5.82. The molecule has 0 bridgehead atoms. The number of nitrogens with zero attached hydrogens (tertiary/aromatic N) is 1. The smallest absolute Gasteiger partial charge is 0.253 e. The van der Waals surface area contributed by atoms with Gasteiger partial charge in [-0.25, -0.2) is 0 Å². The molecular weight excluding hydrogens is 248 g/mol. The van der Waals surface area contributed by atoms with Crippen molar-refractivity contribution >= 4 is 28.4 Å². The van der Waals surface area contributed by atoms with Gasteiger partial charge in [-0.05, 0) is 45.0 Å². The molecule has 2 rings (SSSR count). The van der Waals surface area contributed by atoms with E-state index >= 15 is 0 Å². The Kier molecular flexibility index (Phi) is 3.26. The SMILES string of the molecule is CC(C)(C)NC(=O)c1cnc2ccc(Cl)cc2c1. The Morgan fingerprint density at radius 1 is 1.28 bits per heavy atom. The van der Waals surface area contributed by atoms with Crippen LogP contribution < -0.4 is 5.32 Å². The Labute approximate surface area is 111 Å². The zero-order valence-corrected chi connectivity index (χ0v) is 11.4. The van der Waals surface area contributed by atoms with Crippen molar-refractivity contribution in [2.45, 2.75) is 26.3 Å². The highest BCUT2D eigenvalue weighted by Crippen LogP contribution is 2.18. The van der Waals surface area contributed by atoms with Crippen LogP contribution >= 0.6 is 11.6 Å². The molecule has 0 aliphatic heterocycles. The third-order valence-electron chi connectivity index (χ3n) is 2.39. The summed E-state index contributed by atoms with van der Waals surface area (Å²) in [5, 5.41) is 4.40. The predicted octanol–water partition coefficient (Wildman–Crippen LogP) is 3.42. The Balaban J connectivity index is 2.37. The van der Waals surface area contributed by atoms with E-state index in [1.165, 1.54) is 0 Å². The van der Waals surface area contributed by atoms with Crippen LogP contribution in [0.15, 0.2) is 30.5 Å². The summed E-state index contributed by atoms with van der Waals surface area (Å²) in [6.07, 6.45) is 1.58. The van der Waals surface area contributed by atoms with Crippen LogP contribution in [0.4, 0.5) is 0 Å². The Hall–Kier alpha value is -1.61. The lowest BCUT2D eigenvalue weighted by Gasteiger charge is -2.20. The summed E-state index contributed by atoms with van der Waals surface area (Å²) in [5.41, 5.74) is 1.10. The first-order valence-electron chi connectivity index (χ1n) is 5.73. The van der Waals surface area contributed by atoms with Crippen LogP contribution in [-0.4, -0.2) is 16.4 Å². The molecule has 18 heavy (non-hydrogen) atoms. The Morgan fingerprint density at radius 3 is 2.67 bits per heavy atom. The zero-order chi connectivity index (χ0) is 13.3. The molecule has 1 aromatic heterocycles. The maximum Gasteiger partial charge on any atom is 0.253 e. The van der Waals surface area contributed by atoms with Crippen LogP contribution in [0.1, 0.15) is 31.1 Å². The number of amides is 1. The lowest BCUT2D eigenvalue weighted by Crippen LogP contribution is -2.40. The van der Waals surface area contributed by atoms with Crippen molar-refractivity contribution in [1.29, 1.82) is 0 Å². The Morgan fingerprint density at radius 2 is 2.00 bits per heavy atom. The van der Waals surface area contributed by atoms with E-state index in [0.29, 0.717) is 10.6 Å². The minimum absolute atomic E-state index is 0.128. The summed E-state index contributed by atoms with van der Waals surface area (Å²) >= 11 is 5.93. The second-order valence-electron chi connectivity index (χ2n) is 5.27. The normalized spacial score (nSPS) is 11.6. The van der Waals surface area contributed by atoms with Gasteiger partial charge in [-0.1, -0.05) is 11.6 Å². The Bertz CT molecular complexity index is 602. The molecule has 0 unspecified atom stereocenters. The van der Waals surface area contributed by atoms with Gasteiger partial charge in [-0.2, -0.15) is 0 Å². The average molecular weight is 263 g/mol. The van der Waals surface area contributed by atoms with Crippen molar-refractivity contribution in [2.24, 2.45) is 0 Å². The predicted molar refractivity (Wildman–Crippen MR) is 74.0 cm³/mol. The highest BCUT2D eigenvalue weighted by molar-refractivity contribution is 6.31. The highest BCUT2D eigenvalue weighted by atomic mass is 35.5. The van der Waals surface area contributed by atoms with Gasteiger partial charge in [-0.3, -0.25) is 9.78 Å². The van der Waals surface area contributed by atoms with E-state index in [9.17, 15) is 4.79 Å². The number of carbonyl (C=O) groups is 1. The number of hydrogen-bond donors (Lipinski definition) is 1. The van der Waals surface area contributed by atoms with E-state index in [4.69, 9.17) is 11.6 Å². The highest BCUT2D eigenvalue weighted by Gasteiger charge is 2.15. The molecule has 0 spiro atoms. The lowest BCUT2D eigenvalue weighted by molar-refractivity contribution is 0.0919. The van der Waals surface area contributed by atoms with E-state index < -0.39 is 0 Å². The van der Waals surface area contributed by atoms with Crippen LogP contribution in [0, 0.1) is 0 Å². The number of pyridine rings is 1. The zero-order valence-electron chi connectivity index (χ0n) is 10.6. The van der Waals surface area contributed by atoms with Gasteiger partial charge in [0.25, 0.3) is 5.91 Å². The molecule has 0 radical (unpaired) electrons. The molecule has 4 heteroatoms. The first-order valence-corrected chi connectivity index (χ1v) is 6.11. The molecule has 1 amide bonds. The van der Waals surface area contributed by atoms with Crippen molar-refractivity contribution in [3.8, 4) is 0 Å². The fraction of sp³-hybridized carbons (Fsp3) is 0.286. The summed E-state index contributed by atoms with van der Waals surface area (Å²) < 4.78 is 0. The second kappa shape index (κ2) is 4.58. The quantitative estimate of drug-likeness (QED) is 0.856. The van der Waals surface area contributed by atoms with E-state index in [1.807, 2.05) is 26.8 Å². The summed E-state index contributed by atoms with van der Waals surface area (Å²) in [6, 6.07) is 7.22. The monoisotopic (exact) mass is 262 g/mol. The molecule has 2 aromatic rings. The molecule has 0 saturated carbocycles. The topological polar surface area (TPSA) is 42.0 Å². The number of aromatic nitrogens is 1. The summed E-state index contributed by atoms with van der Waals surface area (Å²) in [5.74, 6) is -0.128. The first-order chi connectivity index (χ1) is 8.35. The van der Waals surface area contributed by atoms with Gasteiger partial charge >= 0.3 is 0 Å².